The quantitative estimate of drug-likeness (QED) is 0.333. The van der Waals surface area contributed by atoms with Crippen molar-refractivity contribution >= 4 is 24.0 Å². The number of aliphatic imine (C=N–C) groups is 1. The summed E-state index contributed by atoms with van der Waals surface area (Å²) in [7, 11) is 0. The largest absolute Gasteiger partial charge is 0.444 e. The predicted octanol–water partition coefficient (Wildman–Crippen LogP) is 5.64. The van der Waals surface area contributed by atoms with Gasteiger partial charge in [0.15, 0.2) is 0 Å². The van der Waals surface area contributed by atoms with Crippen LogP contribution in [0.3, 0.4) is 0 Å². The Morgan fingerprint density at radius 3 is 2.45 bits per heavy atom. The third-order valence-corrected chi connectivity index (χ3v) is 6.38. The molecule has 0 bridgehead atoms. The number of amides is 2. The second kappa shape index (κ2) is 12.5. The van der Waals surface area contributed by atoms with Gasteiger partial charge in [-0.1, -0.05) is 30.3 Å². The minimum absolute atomic E-state index is 0.0244. The Kier molecular flexibility index (Phi) is 9.03. The molecule has 0 fully saturated rings. The lowest BCUT2D eigenvalue weighted by Gasteiger charge is -2.26. The summed E-state index contributed by atoms with van der Waals surface area (Å²) in [5.74, 6) is -0.319. The summed E-state index contributed by atoms with van der Waals surface area (Å²) in [5, 5.41) is 7.38. The highest BCUT2D eigenvalue weighted by molar-refractivity contribution is 5.95. The third kappa shape index (κ3) is 7.99. The lowest BCUT2D eigenvalue weighted by molar-refractivity contribution is -0.137. The lowest BCUT2D eigenvalue weighted by atomic mass is 9.95. The van der Waals surface area contributed by atoms with E-state index >= 15 is 0 Å². The maximum atomic E-state index is 13.5. The van der Waals surface area contributed by atoms with Crippen molar-refractivity contribution in [3.63, 3.8) is 0 Å². The van der Waals surface area contributed by atoms with Crippen LogP contribution in [0.15, 0.2) is 65.9 Å². The van der Waals surface area contributed by atoms with E-state index in [1.807, 2.05) is 11.9 Å². The summed E-state index contributed by atoms with van der Waals surface area (Å²) in [6, 6.07) is 11.6. The van der Waals surface area contributed by atoms with Crippen molar-refractivity contribution in [3.8, 4) is 11.1 Å². The molecule has 1 atom stereocenters. The molecule has 2 heterocycles. The van der Waals surface area contributed by atoms with Crippen molar-refractivity contribution in [2.45, 2.75) is 52.1 Å². The van der Waals surface area contributed by atoms with Crippen molar-refractivity contribution in [1.29, 1.82) is 0 Å². The molecular formula is C30H33F3N6O3. The number of hydrogen-bond donors (Lipinski definition) is 3. The maximum Gasteiger partial charge on any atom is 0.416 e. The summed E-state index contributed by atoms with van der Waals surface area (Å²) in [6.07, 6.45) is -0.491. The fourth-order valence-corrected chi connectivity index (χ4v) is 4.27. The summed E-state index contributed by atoms with van der Waals surface area (Å²) in [5.41, 5.74) is 4.69. The number of anilines is 1. The van der Waals surface area contributed by atoms with Crippen LogP contribution in [0.1, 0.15) is 60.8 Å². The average molecular weight is 583 g/mol. The first kappa shape index (κ1) is 30.4. The smallest absolute Gasteiger partial charge is 0.416 e. The molecule has 3 N–H and O–H groups in total. The minimum Gasteiger partial charge on any atom is -0.444 e. The van der Waals surface area contributed by atoms with E-state index < -0.39 is 29.5 Å². The molecule has 9 nitrogen and oxygen atoms in total. The van der Waals surface area contributed by atoms with Crippen molar-refractivity contribution in [3.05, 3.63) is 83.2 Å². The van der Waals surface area contributed by atoms with Crippen LogP contribution in [0.4, 0.5) is 23.7 Å². The molecule has 0 saturated carbocycles. The molecule has 2 aromatic carbocycles. The van der Waals surface area contributed by atoms with Crippen molar-refractivity contribution in [2.24, 2.45) is 4.99 Å². The molecular weight excluding hydrogens is 549 g/mol. The second-order valence-electron chi connectivity index (χ2n) is 10.8. The van der Waals surface area contributed by atoms with Crippen LogP contribution in [0.5, 0.6) is 0 Å². The zero-order valence-electron chi connectivity index (χ0n) is 23.7. The van der Waals surface area contributed by atoms with Crippen LogP contribution in [0.2, 0.25) is 0 Å². The molecule has 2 amide bonds. The van der Waals surface area contributed by atoms with Crippen molar-refractivity contribution < 1.29 is 27.5 Å². The number of hydrazine groups is 1. The number of pyridine rings is 1. The number of hydrogen-bond acceptors (Lipinski definition) is 7. The Hall–Kier alpha value is -4.61. The van der Waals surface area contributed by atoms with Gasteiger partial charge in [-0.3, -0.25) is 25.2 Å². The van der Waals surface area contributed by atoms with E-state index in [1.54, 1.807) is 63.6 Å². The van der Waals surface area contributed by atoms with Gasteiger partial charge in [0, 0.05) is 12.7 Å². The summed E-state index contributed by atoms with van der Waals surface area (Å²) < 4.78 is 45.8. The van der Waals surface area contributed by atoms with Crippen LogP contribution in [0, 0.1) is 0 Å². The average Bonchev–Trinajstić information content (AvgIpc) is 2.95. The van der Waals surface area contributed by atoms with Crippen LogP contribution in [-0.4, -0.2) is 42.0 Å². The lowest BCUT2D eigenvalue weighted by Crippen LogP contribution is -2.42. The number of carbonyl (C=O) groups is 2. The molecule has 12 heteroatoms. The number of alkyl carbamates (subject to hydrolysis) is 1. The van der Waals surface area contributed by atoms with Gasteiger partial charge >= 0.3 is 12.3 Å². The Bertz CT molecular complexity index is 1450. The van der Waals surface area contributed by atoms with Gasteiger partial charge in [-0.25, -0.2) is 4.79 Å². The molecule has 0 radical (unpaired) electrons. The number of carbonyl (C=O) groups excluding carboxylic acids is 2. The SMILES string of the molecule is C[C@@H](NC(=O)c1cncc(N2CCN=CN2)c1)c1ccc(-c2cc(C(F)(F)F)ccc2CNC(=O)OC(C)(C)C)cc1. The zero-order valence-corrected chi connectivity index (χ0v) is 23.7. The Labute approximate surface area is 242 Å². The van der Waals surface area contributed by atoms with E-state index in [2.05, 4.69) is 26.0 Å². The van der Waals surface area contributed by atoms with E-state index in [0.717, 1.165) is 23.4 Å². The zero-order chi connectivity index (χ0) is 30.5. The molecule has 0 saturated heterocycles. The van der Waals surface area contributed by atoms with E-state index in [1.165, 1.54) is 12.3 Å². The topological polar surface area (TPSA) is 108 Å². The predicted molar refractivity (Wildman–Crippen MR) is 154 cm³/mol. The number of alkyl halides is 3. The van der Waals surface area contributed by atoms with Crippen LogP contribution >= 0.6 is 0 Å². The van der Waals surface area contributed by atoms with Gasteiger partial charge in [-0.15, -0.1) is 0 Å². The van der Waals surface area contributed by atoms with Crippen LogP contribution < -0.4 is 21.1 Å². The highest BCUT2D eigenvalue weighted by atomic mass is 19.4. The molecule has 0 unspecified atom stereocenters. The van der Waals surface area contributed by atoms with E-state index in [-0.39, 0.29) is 12.5 Å². The Balaban J connectivity index is 1.50. The molecule has 1 aliphatic rings. The number of aromatic nitrogens is 1. The standard InChI is InChI=1S/C30H33F3N6O3/c1-19(38-27(40)23-13-25(17-35-15-23)39-12-11-34-18-37-39)20-5-7-21(8-6-20)26-14-24(30(31,32)33)10-9-22(26)16-36-28(41)42-29(2,3)4/h5-10,13-15,17-19H,11-12,16H2,1-4H3,(H,34,37)(H,36,41)(H,38,40)/t19-/m1/s1. The van der Waals surface area contributed by atoms with Gasteiger partial charge in [-0.05, 0) is 68.1 Å². The number of benzene rings is 2. The second-order valence-corrected chi connectivity index (χ2v) is 10.8. The first-order valence-electron chi connectivity index (χ1n) is 13.4. The third-order valence-electron chi connectivity index (χ3n) is 6.38. The molecule has 222 valence electrons. The van der Waals surface area contributed by atoms with E-state index in [4.69, 9.17) is 4.74 Å². The minimum atomic E-state index is -4.53. The number of rotatable bonds is 7. The summed E-state index contributed by atoms with van der Waals surface area (Å²) in [4.78, 5) is 33.4. The fraction of sp³-hybridized carbons (Fsp3) is 0.333. The van der Waals surface area contributed by atoms with Crippen LogP contribution in [0.25, 0.3) is 11.1 Å². The van der Waals surface area contributed by atoms with Crippen molar-refractivity contribution in [1.82, 2.24) is 21.0 Å². The van der Waals surface area contributed by atoms with E-state index in [0.29, 0.717) is 35.3 Å². The summed E-state index contributed by atoms with van der Waals surface area (Å²) >= 11 is 0. The highest BCUT2D eigenvalue weighted by Crippen LogP contribution is 2.34. The molecule has 42 heavy (non-hydrogen) atoms. The van der Waals surface area contributed by atoms with Gasteiger partial charge in [-0.2, -0.15) is 13.2 Å². The fourth-order valence-electron chi connectivity index (χ4n) is 4.27. The Morgan fingerprint density at radius 2 is 1.81 bits per heavy atom. The monoisotopic (exact) mass is 582 g/mol. The van der Waals surface area contributed by atoms with Gasteiger partial charge in [0.1, 0.15) is 11.9 Å². The first-order chi connectivity index (χ1) is 19.8. The van der Waals surface area contributed by atoms with Gasteiger partial charge in [0.2, 0.25) is 0 Å². The molecule has 1 aromatic heterocycles. The number of nitrogens with zero attached hydrogens (tertiary/aromatic N) is 3. The molecule has 1 aliphatic heterocycles. The van der Waals surface area contributed by atoms with Gasteiger partial charge in [0.05, 0.1) is 42.1 Å². The van der Waals surface area contributed by atoms with E-state index in [9.17, 15) is 22.8 Å². The molecule has 3 aromatic rings. The highest BCUT2D eigenvalue weighted by Gasteiger charge is 2.31. The molecule has 0 spiro atoms. The van der Waals surface area contributed by atoms with Crippen molar-refractivity contribution in [2.75, 3.05) is 18.1 Å². The maximum absolute atomic E-state index is 13.5. The Morgan fingerprint density at radius 1 is 1.07 bits per heavy atom. The number of nitrogens with one attached hydrogen (secondary N) is 3. The van der Waals surface area contributed by atoms with Gasteiger partial charge in [0.25, 0.3) is 5.91 Å². The number of ether oxygens (including phenoxy) is 1. The van der Waals surface area contributed by atoms with Gasteiger partial charge < -0.3 is 15.4 Å². The first-order valence-corrected chi connectivity index (χ1v) is 13.4. The van der Waals surface area contributed by atoms with Crippen LogP contribution in [-0.2, 0) is 17.5 Å². The summed E-state index contributed by atoms with van der Waals surface area (Å²) in [6.45, 7) is 8.21. The normalized spacial score (nSPS) is 14.1. The molecule has 0 aliphatic carbocycles. The molecule has 4 rings (SSSR count). The number of halogens is 3.